The Balaban J connectivity index is 3.16. The predicted molar refractivity (Wildman–Crippen MR) is 56.2 cm³/mol. The zero-order valence-corrected chi connectivity index (χ0v) is 9.04. The van der Waals surface area contributed by atoms with E-state index in [4.69, 9.17) is 4.74 Å². The molecule has 0 N–H and O–H groups in total. The first-order chi connectivity index (χ1) is 7.04. The Bertz CT molecular complexity index is 405. The molecule has 6 heteroatoms. The van der Waals surface area contributed by atoms with Gasteiger partial charge in [0.15, 0.2) is 0 Å². The first-order valence-electron chi connectivity index (χ1n) is 4.05. The molecule has 0 aliphatic rings. The van der Waals surface area contributed by atoms with Gasteiger partial charge in [0.05, 0.1) is 4.92 Å². The molecule has 0 atom stereocenters. The summed E-state index contributed by atoms with van der Waals surface area (Å²) >= 11 is 1.42. The zero-order chi connectivity index (χ0) is 11.4. The van der Waals surface area contributed by atoms with Crippen LogP contribution in [0.25, 0.3) is 0 Å². The maximum atomic E-state index is 10.7. The molecule has 0 aromatic heterocycles. The van der Waals surface area contributed by atoms with Crippen molar-refractivity contribution >= 4 is 23.4 Å². The highest BCUT2D eigenvalue weighted by atomic mass is 32.2. The van der Waals surface area contributed by atoms with Crippen molar-refractivity contribution in [2.45, 2.75) is 11.8 Å². The summed E-state index contributed by atoms with van der Waals surface area (Å²) in [6, 6.07) is 4.41. The van der Waals surface area contributed by atoms with Crippen LogP contribution in [0.2, 0.25) is 0 Å². The van der Waals surface area contributed by atoms with Crippen LogP contribution in [0.15, 0.2) is 23.1 Å². The van der Waals surface area contributed by atoms with Crippen molar-refractivity contribution in [2.24, 2.45) is 0 Å². The molecule has 1 rings (SSSR count). The minimum atomic E-state index is -0.581. The van der Waals surface area contributed by atoms with Crippen molar-refractivity contribution in [3.63, 3.8) is 0 Å². The second-order valence-corrected chi connectivity index (χ2v) is 3.56. The third kappa shape index (κ3) is 2.95. The Kier molecular flexibility index (Phi) is 3.68. The average molecular weight is 227 g/mol. The monoisotopic (exact) mass is 227 g/mol. The van der Waals surface area contributed by atoms with Crippen LogP contribution in [0.1, 0.15) is 6.92 Å². The molecule has 15 heavy (non-hydrogen) atoms. The van der Waals surface area contributed by atoms with E-state index in [1.54, 1.807) is 6.07 Å². The van der Waals surface area contributed by atoms with Gasteiger partial charge in [0.2, 0.25) is 5.75 Å². The van der Waals surface area contributed by atoms with E-state index in [9.17, 15) is 14.9 Å². The van der Waals surface area contributed by atoms with Gasteiger partial charge >= 0.3 is 11.7 Å². The van der Waals surface area contributed by atoms with E-state index < -0.39 is 10.9 Å². The van der Waals surface area contributed by atoms with Gasteiger partial charge in [-0.05, 0) is 12.3 Å². The first-order valence-corrected chi connectivity index (χ1v) is 5.28. The number of rotatable bonds is 3. The smallest absolute Gasteiger partial charge is 0.311 e. The van der Waals surface area contributed by atoms with E-state index in [-0.39, 0.29) is 11.4 Å². The first kappa shape index (κ1) is 11.5. The highest BCUT2D eigenvalue weighted by Crippen LogP contribution is 2.31. The lowest BCUT2D eigenvalue weighted by molar-refractivity contribution is -0.385. The number of nitro groups is 1. The van der Waals surface area contributed by atoms with Gasteiger partial charge in [0, 0.05) is 24.0 Å². The van der Waals surface area contributed by atoms with Crippen LogP contribution < -0.4 is 4.74 Å². The fourth-order valence-electron chi connectivity index (χ4n) is 1.01. The largest absolute Gasteiger partial charge is 0.419 e. The Hall–Kier alpha value is -1.56. The van der Waals surface area contributed by atoms with Crippen LogP contribution in [0.5, 0.6) is 5.75 Å². The normalized spacial score (nSPS) is 9.73. The summed E-state index contributed by atoms with van der Waals surface area (Å²) in [5.74, 6) is -0.587. The molecule has 0 unspecified atom stereocenters. The van der Waals surface area contributed by atoms with E-state index in [1.165, 1.54) is 30.8 Å². The maximum Gasteiger partial charge on any atom is 0.311 e. The van der Waals surface area contributed by atoms with E-state index in [2.05, 4.69) is 0 Å². The van der Waals surface area contributed by atoms with E-state index in [0.29, 0.717) is 0 Å². The van der Waals surface area contributed by atoms with Gasteiger partial charge in [0.1, 0.15) is 0 Å². The number of benzene rings is 1. The predicted octanol–water partition coefficient (Wildman–Crippen LogP) is 2.24. The molecule has 0 bridgehead atoms. The number of carbonyl (C=O) groups is 1. The SMILES string of the molecule is CSc1ccc([N+](=O)[O-])c(OC(C)=O)c1. The fourth-order valence-corrected chi connectivity index (χ4v) is 1.44. The summed E-state index contributed by atoms with van der Waals surface area (Å²) in [6.07, 6.45) is 1.83. The Morgan fingerprint density at radius 3 is 2.67 bits per heavy atom. The third-order valence-electron chi connectivity index (χ3n) is 1.62. The minimum Gasteiger partial charge on any atom is -0.419 e. The summed E-state index contributed by atoms with van der Waals surface area (Å²) in [6.45, 7) is 1.20. The summed E-state index contributed by atoms with van der Waals surface area (Å²) in [5, 5.41) is 10.6. The van der Waals surface area contributed by atoms with Crippen LogP contribution >= 0.6 is 11.8 Å². The molecule has 80 valence electrons. The van der Waals surface area contributed by atoms with Crippen molar-refractivity contribution in [3.05, 3.63) is 28.3 Å². The summed E-state index contributed by atoms with van der Waals surface area (Å²) in [7, 11) is 0. The van der Waals surface area contributed by atoms with Gasteiger partial charge in [-0.1, -0.05) is 0 Å². The lowest BCUT2D eigenvalue weighted by Gasteiger charge is -2.03. The molecule has 0 amide bonds. The number of nitrogens with zero attached hydrogens (tertiary/aromatic N) is 1. The highest BCUT2D eigenvalue weighted by Gasteiger charge is 2.16. The molecule has 0 aliphatic heterocycles. The number of hydrogen-bond donors (Lipinski definition) is 0. The fraction of sp³-hybridized carbons (Fsp3) is 0.222. The van der Waals surface area contributed by atoms with E-state index in [0.717, 1.165) is 4.90 Å². The second-order valence-electron chi connectivity index (χ2n) is 2.68. The quantitative estimate of drug-likeness (QED) is 0.260. The van der Waals surface area contributed by atoms with Gasteiger partial charge in [-0.3, -0.25) is 14.9 Å². The van der Waals surface area contributed by atoms with Gasteiger partial charge in [-0.25, -0.2) is 0 Å². The Labute approximate surface area is 90.6 Å². The average Bonchev–Trinajstić information content (AvgIpc) is 2.16. The van der Waals surface area contributed by atoms with Gasteiger partial charge < -0.3 is 4.74 Å². The summed E-state index contributed by atoms with van der Waals surface area (Å²) in [5.41, 5.74) is -0.206. The van der Waals surface area contributed by atoms with Crippen LogP contribution in [0.3, 0.4) is 0 Å². The number of ether oxygens (including phenoxy) is 1. The Morgan fingerprint density at radius 2 is 2.20 bits per heavy atom. The van der Waals surface area contributed by atoms with Crippen molar-refractivity contribution in [1.29, 1.82) is 0 Å². The molecule has 0 radical (unpaired) electrons. The number of esters is 1. The molecule has 0 aliphatic carbocycles. The van der Waals surface area contributed by atoms with E-state index >= 15 is 0 Å². The van der Waals surface area contributed by atoms with Crippen LogP contribution in [-0.2, 0) is 4.79 Å². The lowest BCUT2D eigenvalue weighted by Crippen LogP contribution is -2.04. The van der Waals surface area contributed by atoms with Gasteiger partial charge in [-0.2, -0.15) is 0 Å². The van der Waals surface area contributed by atoms with Crippen LogP contribution in [0.4, 0.5) is 5.69 Å². The van der Waals surface area contributed by atoms with E-state index in [1.807, 2.05) is 6.26 Å². The second kappa shape index (κ2) is 4.79. The Morgan fingerprint density at radius 1 is 1.53 bits per heavy atom. The zero-order valence-electron chi connectivity index (χ0n) is 8.22. The minimum absolute atomic E-state index is 0.0145. The molecule has 0 saturated carbocycles. The molecule has 0 fully saturated rings. The standard InChI is InChI=1S/C9H9NO4S/c1-6(11)14-9-5-7(15-2)3-4-8(9)10(12)13/h3-5H,1-2H3. The summed E-state index contributed by atoms with van der Waals surface area (Å²) in [4.78, 5) is 21.6. The molecular weight excluding hydrogens is 218 g/mol. The molecule has 0 heterocycles. The van der Waals surface area contributed by atoms with Crippen molar-refractivity contribution in [2.75, 3.05) is 6.26 Å². The topological polar surface area (TPSA) is 69.4 Å². The molecule has 5 nitrogen and oxygen atoms in total. The lowest BCUT2D eigenvalue weighted by atomic mass is 10.3. The molecule has 1 aromatic carbocycles. The van der Waals surface area contributed by atoms with Gasteiger partial charge in [-0.15, -0.1) is 11.8 Å². The molecular formula is C9H9NO4S. The van der Waals surface area contributed by atoms with Gasteiger partial charge in [0.25, 0.3) is 0 Å². The number of carbonyl (C=O) groups excluding carboxylic acids is 1. The molecule has 1 aromatic rings. The van der Waals surface area contributed by atoms with Crippen LogP contribution in [-0.4, -0.2) is 17.1 Å². The number of hydrogen-bond acceptors (Lipinski definition) is 5. The van der Waals surface area contributed by atoms with Crippen LogP contribution in [0, 0.1) is 10.1 Å². The summed E-state index contributed by atoms with van der Waals surface area (Å²) < 4.78 is 4.76. The number of nitro benzene ring substituents is 1. The molecule has 0 saturated heterocycles. The highest BCUT2D eigenvalue weighted by molar-refractivity contribution is 7.98. The number of thioether (sulfide) groups is 1. The maximum absolute atomic E-state index is 10.7. The molecule has 0 spiro atoms. The van der Waals surface area contributed by atoms with Crippen molar-refractivity contribution in [1.82, 2.24) is 0 Å². The third-order valence-corrected chi connectivity index (χ3v) is 2.34. The van der Waals surface area contributed by atoms with Crippen molar-refractivity contribution in [3.8, 4) is 5.75 Å². The van der Waals surface area contributed by atoms with Crippen molar-refractivity contribution < 1.29 is 14.5 Å².